The molecule has 0 radical (unpaired) electrons. The van der Waals surface area contributed by atoms with E-state index in [-0.39, 0.29) is 5.91 Å². The zero-order valence-corrected chi connectivity index (χ0v) is 11.3. The molecule has 0 unspecified atom stereocenters. The van der Waals surface area contributed by atoms with Gasteiger partial charge >= 0.3 is 0 Å². The van der Waals surface area contributed by atoms with Crippen LogP contribution in [0.4, 0.5) is 0 Å². The van der Waals surface area contributed by atoms with Crippen molar-refractivity contribution in [2.24, 2.45) is 0 Å². The Kier molecular flexibility index (Phi) is 4.78. The van der Waals surface area contributed by atoms with Gasteiger partial charge < -0.3 is 9.88 Å². The number of aromatic nitrogens is 1. The molecule has 1 aromatic carbocycles. The van der Waals surface area contributed by atoms with E-state index < -0.39 is 0 Å². The second-order valence-electron chi connectivity index (χ2n) is 4.79. The number of benzene rings is 1. The highest BCUT2D eigenvalue weighted by Crippen LogP contribution is 2.03. The van der Waals surface area contributed by atoms with Crippen molar-refractivity contribution in [2.45, 2.75) is 32.9 Å². The van der Waals surface area contributed by atoms with E-state index in [1.54, 1.807) is 0 Å². The maximum Gasteiger partial charge on any atom is 0.220 e. The minimum atomic E-state index is 0.118. The molecule has 0 saturated carbocycles. The second-order valence-corrected chi connectivity index (χ2v) is 4.79. The van der Waals surface area contributed by atoms with Gasteiger partial charge in [-0.05, 0) is 31.0 Å². The Balaban J connectivity index is 1.65. The average molecular weight is 256 g/mol. The van der Waals surface area contributed by atoms with Crippen LogP contribution in [-0.2, 0) is 17.9 Å². The van der Waals surface area contributed by atoms with Crippen molar-refractivity contribution in [3.8, 4) is 0 Å². The highest BCUT2D eigenvalue weighted by atomic mass is 16.1. The van der Waals surface area contributed by atoms with E-state index in [4.69, 9.17) is 0 Å². The van der Waals surface area contributed by atoms with Crippen molar-refractivity contribution in [1.82, 2.24) is 9.88 Å². The fourth-order valence-electron chi connectivity index (χ4n) is 1.94. The van der Waals surface area contributed by atoms with Crippen molar-refractivity contribution in [2.75, 3.05) is 0 Å². The second kappa shape index (κ2) is 6.78. The Morgan fingerprint density at radius 3 is 2.53 bits per heavy atom. The van der Waals surface area contributed by atoms with Crippen LogP contribution in [0.15, 0.2) is 48.8 Å². The topological polar surface area (TPSA) is 34.0 Å². The summed E-state index contributed by atoms with van der Waals surface area (Å²) in [5.41, 5.74) is 2.38. The number of hydrogen-bond donors (Lipinski definition) is 1. The summed E-state index contributed by atoms with van der Waals surface area (Å²) in [5, 5.41) is 2.95. The van der Waals surface area contributed by atoms with Crippen LogP contribution in [0, 0.1) is 6.92 Å². The summed E-state index contributed by atoms with van der Waals surface area (Å²) in [6.07, 6.45) is 5.48. The lowest BCUT2D eigenvalue weighted by molar-refractivity contribution is -0.121. The molecule has 0 aliphatic carbocycles. The molecule has 2 aromatic rings. The predicted molar refractivity (Wildman–Crippen MR) is 76.7 cm³/mol. The molecular formula is C16H20N2O. The lowest BCUT2D eigenvalue weighted by Crippen LogP contribution is -2.22. The van der Waals surface area contributed by atoms with Crippen LogP contribution >= 0.6 is 0 Å². The summed E-state index contributed by atoms with van der Waals surface area (Å²) in [4.78, 5) is 11.7. The maximum absolute atomic E-state index is 11.7. The largest absolute Gasteiger partial charge is 0.354 e. The van der Waals surface area contributed by atoms with Gasteiger partial charge in [-0.2, -0.15) is 0 Å². The van der Waals surface area contributed by atoms with E-state index in [9.17, 15) is 4.79 Å². The number of carbonyl (C=O) groups excluding carboxylic acids is 1. The highest BCUT2D eigenvalue weighted by molar-refractivity contribution is 5.75. The first-order chi connectivity index (χ1) is 9.24. The van der Waals surface area contributed by atoms with Crippen molar-refractivity contribution >= 4 is 5.91 Å². The van der Waals surface area contributed by atoms with Crippen LogP contribution in [0.1, 0.15) is 24.0 Å². The van der Waals surface area contributed by atoms with Crippen LogP contribution in [0.5, 0.6) is 0 Å². The number of nitrogens with one attached hydrogen (secondary N) is 1. The van der Waals surface area contributed by atoms with E-state index in [1.165, 1.54) is 5.56 Å². The Labute approximate surface area is 114 Å². The Hall–Kier alpha value is -2.03. The smallest absolute Gasteiger partial charge is 0.220 e. The molecule has 0 bridgehead atoms. The molecule has 1 N–H and O–H groups in total. The van der Waals surface area contributed by atoms with Crippen LogP contribution in [0.3, 0.4) is 0 Å². The van der Waals surface area contributed by atoms with Gasteiger partial charge in [0.2, 0.25) is 5.91 Å². The van der Waals surface area contributed by atoms with Gasteiger partial charge in [-0.15, -0.1) is 0 Å². The Morgan fingerprint density at radius 2 is 1.84 bits per heavy atom. The fraction of sp³-hybridized carbons (Fsp3) is 0.312. The van der Waals surface area contributed by atoms with Gasteiger partial charge in [0.05, 0.1) is 0 Å². The molecule has 1 amide bonds. The van der Waals surface area contributed by atoms with E-state index in [0.29, 0.717) is 13.0 Å². The van der Waals surface area contributed by atoms with E-state index >= 15 is 0 Å². The molecule has 2 rings (SSSR count). The van der Waals surface area contributed by atoms with E-state index in [1.807, 2.05) is 24.5 Å². The maximum atomic E-state index is 11.7. The summed E-state index contributed by atoms with van der Waals surface area (Å²) in [6.45, 7) is 3.57. The molecule has 0 fully saturated rings. The summed E-state index contributed by atoms with van der Waals surface area (Å²) in [5.74, 6) is 0.118. The van der Waals surface area contributed by atoms with Crippen LogP contribution in [0.25, 0.3) is 0 Å². The molecule has 1 aromatic heterocycles. The van der Waals surface area contributed by atoms with Gasteiger partial charge in [-0.3, -0.25) is 4.79 Å². The SMILES string of the molecule is Cc1ccc(CNC(=O)CCCn2cccc2)cc1. The lowest BCUT2D eigenvalue weighted by atomic mass is 10.1. The predicted octanol–water partition coefficient (Wildman–Crippen LogP) is 2.89. The standard InChI is InChI=1S/C16H20N2O/c1-14-6-8-15(9-7-14)13-17-16(19)5-4-12-18-10-2-3-11-18/h2-3,6-11H,4-5,12-13H2,1H3,(H,17,19). The molecule has 19 heavy (non-hydrogen) atoms. The van der Waals surface area contributed by atoms with Crippen molar-refractivity contribution in [3.63, 3.8) is 0 Å². The highest BCUT2D eigenvalue weighted by Gasteiger charge is 2.01. The Morgan fingerprint density at radius 1 is 1.16 bits per heavy atom. The van der Waals surface area contributed by atoms with Gasteiger partial charge in [0.1, 0.15) is 0 Å². The molecular weight excluding hydrogens is 236 g/mol. The van der Waals surface area contributed by atoms with Crippen LogP contribution < -0.4 is 5.32 Å². The number of carbonyl (C=O) groups is 1. The minimum absolute atomic E-state index is 0.118. The van der Waals surface area contributed by atoms with Gasteiger partial charge in [0.25, 0.3) is 0 Å². The van der Waals surface area contributed by atoms with Crippen molar-refractivity contribution < 1.29 is 4.79 Å². The third kappa shape index (κ3) is 4.62. The molecule has 3 nitrogen and oxygen atoms in total. The monoisotopic (exact) mass is 256 g/mol. The number of rotatable bonds is 6. The van der Waals surface area contributed by atoms with Crippen LogP contribution in [-0.4, -0.2) is 10.5 Å². The van der Waals surface area contributed by atoms with Gasteiger partial charge in [0, 0.05) is 31.9 Å². The summed E-state index contributed by atoms with van der Waals surface area (Å²) in [7, 11) is 0. The van der Waals surface area contributed by atoms with E-state index in [2.05, 4.69) is 41.1 Å². The third-order valence-corrected chi connectivity index (χ3v) is 3.10. The molecule has 1 heterocycles. The third-order valence-electron chi connectivity index (χ3n) is 3.10. The van der Waals surface area contributed by atoms with Gasteiger partial charge in [0.15, 0.2) is 0 Å². The number of nitrogens with zero attached hydrogens (tertiary/aromatic N) is 1. The summed E-state index contributed by atoms with van der Waals surface area (Å²) in [6, 6.07) is 12.2. The first kappa shape index (κ1) is 13.4. The Bertz CT molecular complexity index is 500. The van der Waals surface area contributed by atoms with Gasteiger partial charge in [-0.1, -0.05) is 29.8 Å². The summed E-state index contributed by atoms with van der Waals surface area (Å²) < 4.78 is 2.09. The molecule has 0 spiro atoms. The number of amides is 1. The van der Waals surface area contributed by atoms with Gasteiger partial charge in [-0.25, -0.2) is 0 Å². The van der Waals surface area contributed by atoms with Crippen molar-refractivity contribution in [3.05, 3.63) is 59.9 Å². The number of aryl methyl sites for hydroxylation is 2. The zero-order valence-electron chi connectivity index (χ0n) is 11.3. The zero-order chi connectivity index (χ0) is 13.5. The molecule has 0 aliphatic heterocycles. The molecule has 0 atom stereocenters. The van der Waals surface area contributed by atoms with Crippen LogP contribution in [0.2, 0.25) is 0 Å². The lowest BCUT2D eigenvalue weighted by Gasteiger charge is -2.06. The van der Waals surface area contributed by atoms with E-state index in [0.717, 1.165) is 18.5 Å². The summed E-state index contributed by atoms with van der Waals surface area (Å²) >= 11 is 0. The molecule has 0 saturated heterocycles. The normalized spacial score (nSPS) is 10.4. The van der Waals surface area contributed by atoms with Crippen molar-refractivity contribution in [1.29, 1.82) is 0 Å². The fourth-order valence-corrected chi connectivity index (χ4v) is 1.94. The molecule has 100 valence electrons. The average Bonchev–Trinajstić information content (AvgIpc) is 2.91. The quantitative estimate of drug-likeness (QED) is 0.847. The molecule has 3 heteroatoms. The molecule has 0 aliphatic rings. The first-order valence-electron chi connectivity index (χ1n) is 6.67. The minimum Gasteiger partial charge on any atom is -0.354 e. The number of hydrogen-bond acceptors (Lipinski definition) is 1. The first-order valence-corrected chi connectivity index (χ1v) is 6.67.